The van der Waals surface area contributed by atoms with Gasteiger partial charge in [-0.25, -0.2) is 9.97 Å². The van der Waals surface area contributed by atoms with Crippen LogP contribution >= 0.6 is 15.9 Å². The van der Waals surface area contributed by atoms with E-state index >= 15 is 0 Å². The topological polar surface area (TPSA) is 55.3 Å². The fourth-order valence-electron chi connectivity index (χ4n) is 9.13. The molecule has 0 radical (unpaired) electrons. The highest BCUT2D eigenvalue weighted by Gasteiger charge is 2.21. The van der Waals surface area contributed by atoms with Gasteiger partial charge in [-0.3, -0.25) is 13.4 Å². The molecule has 6 heterocycles. The van der Waals surface area contributed by atoms with Gasteiger partial charge in [-0.1, -0.05) is 174 Å². The first-order valence-electron chi connectivity index (χ1n) is 20.4. The van der Waals surface area contributed by atoms with Gasteiger partial charge in [0.05, 0.1) is 16.6 Å². The number of aromatic amines is 1. The number of pyridine rings is 2. The number of hydrogen-bond acceptors (Lipinski definition) is 2. The molecule has 14 rings (SSSR count). The minimum absolute atomic E-state index is 1.00. The summed E-state index contributed by atoms with van der Waals surface area (Å²) in [4.78, 5) is 13.8. The van der Waals surface area contributed by atoms with Gasteiger partial charge in [0.25, 0.3) is 0 Å². The molecule has 0 amide bonds. The number of nitrogens with one attached hydrogen (secondary N) is 1. The van der Waals surface area contributed by atoms with Crippen LogP contribution in [0.25, 0.3) is 104 Å². The molecular weight excluding hydrogens is 813 g/mol. The molecule has 61 heavy (non-hydrogen) atoms. The molecule has 0 aliphatic rings. The highest BCUT2D eigenvalue weighted by atomic mass is 79.9. The molecule has 0 saturated carbocycles. The van der Waals surface area contributed by atoms with Gasteiger partial charge in [0.15, 0.2) is 5.65 Å². The third-order valence-corrected chi connectivity index (χ3v) is 12.3. The number of fused-ring (bicyclic) bond motifs is 20. The highest BCUT2D eigenvalue weighted by Crippen LogP contribution is 2.38. The molecule has 6 nitrogen and oxygen atoms in total. The van der Waals surface area contributed by atoms with Gasteiger partial charge < -0.3 is 4.98 Å². The number of imidazole rings is 2. The molecular formula is C54H35BrN6. The fourth-order valence-corrected chi connectivity index (χ4v) is 9.43. The molecule has 0 spiro atoms. The zero-order chi connectivity index (χ0) is 40.4. The molecule has 0 aliphatic carbocycles. The molecule has 0 aliphatic heterocycles. The number of hydrogen-bond donors (Lipinski definition) is 1. The van der Waals surface area contributed by atoms with Crippen LogP contribution in [0.1, 0.15) is 0 Å². The van der Waals surface area contributed by atoms with E-state index in [0.29, 0.717) is 0 Å². The highest BCUT2D eigenvalue weighted by molar-refractivity contribution is 9.10. The van der Waals surface area contributed by atoms with Crippen molar-refractivity contribution in [2.24, 2.45) is 0 Å². The monoisotopic (exact) mass is 846 g/mol. The summed E-state index contributed by atoms with van der Waals surface area (Å²) in [5, 5.41) is 9.68. The standard InChI is InChI=1S/C27H17N3.C21H13N3.C6H5Br/c1-2-10-18(11-3-1)29-24-17-9-7-15-22(24)25-27(29)30-23-16-8-6-13-20(23)19-12-4-5-14-21(19)26(30)28-25;1-2-9-15-13(7-1)14-8-4-6-12-18(14)24-20(15)23-19-16-10-3-5-11-17(16)22-21(19)24;7-6-4-2-1-3-5-6/h1-17H;1-12,22H;1-5H. The first-order chi connectivity index (χ1) is 30.2. The first kappa shape index (κ1) is 35.2. The van der Waals surface area contributed by atoms with Crippen molar-refractivity contribution < 1.29 is 0 Å². The summed E-state index contributed by atoms with van der Waals surface area (Å²) >= 11 is 3.31. The van der Waals surface area contributed by atoms with E-state index in [1.165, 1.54) is 59.6 Å². The second-order valence-electron chi connectivity index (χ2n) is 15.2. The quantitative estimate of drug-likeness (QED) is 0.167. The molecule has 14 aromatic rings. The maximum Gasteiger partial charge on any atom is 0.151 e. The van der Waals surface area contributed by atoms with Crippen molar-refractivity contribution in [3.05, 3.63) is 211 Å². The van der Waals surface area contributed by atoms with E-state index in [4.69, 9.17) is 9.97 Å². The Morgan fingerprint density at radius 3 is 1.41 bits per heavy atom. The lowest BCUT2D eigenvalue weighted by atomic mass is 10.1. The Hall–Kier alpha value is -7.74. The number of benzene rings is 8. The Morgan fingerprint density at radius 2 is 0.803 bits per heavy atom. The maximum atomic E-state index is 5.21. The Morgan fingerprint density at radius 1 is 0.361 bits per heavy atom. The van der Waals surface area contributed by atoms with Gasteiger partial charge >= 0.3 is 0 Å². The third-order valence-electron chi connectivity index (χ3n) is 11.7. The Labute approximate surface area is 357 Å². The van der Waals surface area contributed by atoms with E-state index in [0.717, 1.165) is 49.3 Å². The summed E-state index contributed by atoms with van der Waals surface area (Å²) < 4.78 is 8.06. The minimum Gasteiger partial charge on any atom is -0.339 e. The Kier molecular flexibility index (Phi) is 8.21. The summed E-state index contributed by atoms with van der Waals surface area (Å²) in [6, 6.07) is 71.7. The predicted octanol–water partition coefficient (Wildman–Crippen LogP) is 14.5. The SMILES string of the molecule is Brc1ccccc1.c1ccc(-n2c3ccccc3c3nc4c5ccccc5c5ccccc5n4c32)cc1.c1ccc2c(c1)[nH]c1c2nc2c3ccccc3c3ccccc3n21. The van der Waals surface area contributed by atoms with Gasteiger partial charge in [0, 0.05) is 48.0 Å². The second-order valence-corrected chi connectivity index (χ2v) is 16.1. The third kappa shape index (κ3) is 5.55. The normalized spacial score (nSPS) is 11.7. The summed E-state index contributed by atoms with van der Waals surface area (Å²) in [5.41, 5.74) is 12.1. The van der Waals surface area contributed by atoms with Crippen LogP contribution in [-0.2, 0) is 0 Å². The van der Waals surface area contributed by atoms with E-state index in [9.17, 15) is 0 Å². The van der Waals surface area contributed by atoms with Gasteiger partial charge in [0.2, 0.25) is 0 Å². The van der Waals surface area contributed by atoms with Crippen molar-refractivity contribution in [1.29, 1.82) is 0 Å². The van der Waals surface area contributed by atoms with Crippen LogP contribution < -0.4 is 0 Å². The smallest absolute Gasteiger partial charge is 0.151 e. The number of para-hydroxylation sites is 5. The molecule has 0 saturated heterocycles. The number of nitrogens with zero attached hydrogens (tertiary/aromatic N) is 5. The molecule has 0 bridgehead atoms. The number of aromatic nitrogens is 6. The maximum absolute atomic E-state index is 5.21. The van der Waals surface area contributed by atoms with Crippen molar-refractivity contribution >= 4 is 115 Å². The van der Waals surface area contributed by atoms with E-state index in [-0.39, 0.29) is 0 Å². The molecule has 1 N–H and O–H groups in total. The van der Waals surface area contributed by atoms with Crippen LogP contribution in [-0.4, -0.2) is 28.3 Å². The van der Waals surface area contributed by atoms with E-state index in [1.807, 2.05) is 30.3 Å². The average molecular weight is 848 g/mol. The summed E-state index contributed by atoms with van der Waals surface area (Å²) in [6.45, 7) is 0. The van der Waals surface area contributed by atoms with E-state index < -0.39 is 0 Å². The zero-order valence-corrected chi connectivity index (χ0v) is 34.3. The fraction of sp³-hybridized carbons (Fsp3) is 0. The minimum atomic E-state index is 1.00. The molecule has 0 unspecified atom stereocenters. The van der Waals surface area contributed by atoms with Crippen LogP contribution in [0.5, 0.6) is 0 Å². The van der Waals surface area contributed by atoms with Crippen molar-refractivity contribution in [1.82, 2.24) is 28.3 Å². The molecule has 288 valence electrons. The van der Waals surface area contributed by atoms with E-state index in [1.54, 1.807) is 0 Å². The van der Waals surface area contributed by atoms with Crippen LogP contribution in [0.2, 0.25) is 0 Å². The molecule has 0 fully saturated rings. The van der Waals surface area contributed by atoms with Gasteiger partial charge in [-0.15, -0.1) is 0 Å². The van der Waals surface area contributed by atoms with Gasteiger partial charge in [0.1, 0.15) is 28.0 Å². The first-order valence-corrected chi connectivity index (χ1v) is 21.2. The van der Waals surface area contributed by atoms with Crippen molar-refractivity contribution in [2.75, 3.05) is 0 Å². The second kappa shape index (κ2) is 14.2. The lowest BCUT2D eigenvalue weighted by molar-refractivity contribution is 1.12. The number of H-pyrrole nitrogens is 1. The van der Waals surface area contributed by atoms with Crippen LogP contribution in [0, 0.1) is 0 Å². The summed E-state index contributed by atoms with van der Waals surface area (Å²) in [7, 11) is 0. The van der Waals surface area contributed by atoms with Crippen LogP contribution in [0.15, 0.2) is 211 Å². The summed E-state index contributed by atoms with van der Waals surface area (Å²) in [6.07, 6.45) is 0. The van der Waals surface area contributed by atoms with Crippen LogP contribution in [0.4, 0.5) is 0 Å². The zero-order valence-electron chi connectivity index (χ0n) is 32.7. The van der Waals surface area contributed by atoms with Crippen molar-refractivity contribution in [3.8, 4) is 5.69 Å². The predicted molar refractivity (Wildman–Crippen MR) is 258 cm³/mol. The Bertz CT molecular complexity index is 3950. The number of rotatable bonds is 1. The van der Waals surface area contributed by atoms with Gasteiger partial charge in [-0.05, 0) is 59.3 Å². The molecule has 8 aromatic carbocycles. The van der Waals surface area contributed by atoms with Crippen molar-refractivity contribution in [3.63, 3.8) is 0 Å². The van der Waals surface area contributed by atoms with E-state index in [2.05, 4.69) is 210 Å². The largest absolute Gasteiger partial charge is 0.339 e. The number of halogens is 1. The van der Waals surface area contributed by atoms with Gasteiger partial charge in [-0.2, -0.15) is 0 Å². The lowest BCUT2D eigenvalue weighted by Gasteiger charge is -2.11. The molecule has 0 atom stereocenters. The lowest BCUT2D eigenvalue weighted by Crippen LogP contribution is -1.99. The Balaban J connectivity index is 0.000000115. The average Bonchev–Trinajstić information content (AvgIpc) is 4.08. The molecule has 7 heteroatoms. The van der Waals surface area contributed by atoms with Crippen molar-refractivity contribution in [2.45, 2.75) is 0 Å². The molecule has 6 aromatic heterocycles. The van der Waals surface area contributed by atoms with Crippen LogP contribution in [0.3, 0.4) is 0 Å². The summed E-state index contributed by atoms with van der Waals surface area (Å²) in [5.74, 6) is 0.